The summed E-state index contributed by atoms with van der Waals surface area (Å²) in [6.45, 7) is 3.76. The van der Waals surface area contributed by atoms with Crippen LogP contribution in [-0.4, -0.2) is 31.4 Å². The number of anilines is 2. The first-order chi connectivity index (χ1) is 13.7. The molecule has 7 nitrogen and oxygen atoms in total. The number of nitrogens with two attached hydrogens (primary N) is 1. The molecular weight excluding hydrogens is 370 g/mol. The summed E-state index contributed by atoms with van der Waals surface area (Å²) >= 11 is 0. The van der Waals surface area contributed by atoms with Gasteiger partial charge in [0.2, 0.25) is 0 Å². The number of para-hydroxylation sites is 1. The Hall–Kier alpha value is -3.61. The van der Waals surface area contributed by atoms with Crippen LogP contribution in [0.25, 0.3) is 0 Å². The van der Waals surface area contributed by atoms with E-state index in [-0.39, 0.29) is 23.4 Å². The lowest BCUT2D eigenvalue weighted by Gasteiger charge is -2.23. The van der Waals surface area contributed by atoms with Crippen molar-refractivity contribution in [2.75, 3.05) is 23.9 Å². The maximum atomic E-state index is 12.5. The number of esters is 1. The van der Waals surface area contributed by atoms with E-state index in [4.69, 9.17) is 10.5 Å². The number of urea groups is 1. The van der Waals surface area contributed by atoms with Crippen LogP contribution in [0.4, 0.5) is 16.2 Å². The molecule has 2 aromatic rings. The summed E-state index contributed by atoms with van der Waals surface area (Å²) < 4.78 is 5.14. The Balaban J connectivity index is 1.65. The lowest BCUT2D eigenvalue weighted by Crippen LogP contribution is -2.25. The Morgan fingerprint density at radius 2 is 1.76 bits per heavy atom. The number of nitrogens with one attached hydrogen (secondary N) is 1. The fraction of sp³-hybridized carbons (Fsp3) is 0.227. The molecule has 0 fully saturated rings. The minimum absolute atomic E-state index is 0.270. The summed E-state index contributed by atoms with van der Waals surface area (Å²) in [7, 11) is 1.92. The molecule has 3 rings (SSSR count). The van der Waals surface area contributed by atoms with Crippen LogP contribution in [0.2, 0.25) is 0 Å². The molecule has 29 heavy (non-hydrogen) atoms. The molecule has 1 aliphatic heterocycles. The topological polar surface area (TPSA) is 102 Å². The van der Waals surface area contributed by atoms with Crippen molar-refractivity contribution in [3.63, 3.8) is 0 Å². The first-order valence-electron chi connectivity index (χ1n) is 9.12. The zero-order chi connectivity index (χ0) is 21.2. The number of hydrogen-bond acceptors (Lipinski definition) is 5. The van der Waals surface area contributed by atoms with Gasteiger partial charge < -0.3 is 20.7 Å². The number of rotatable bonds is 5. The number of amides is 2. The molecule has 2 amide bonds. The van der Waals surface area contributed by atoms with E-state index in [2.05, 4.69) is 19.2 Å². The molecule has 2 aromatic carbocycles. The molecule has 1 aliphatic rings. The lowest BCUT2D eigenvalue weighted by molar-refractivity contribution is -0.117. The third kappa shape index (κ3) is 4.13. The number of benzene rings is 2. The Labute approximate surface area is 169 Å². The number of hydrogen-bond donors (Lipinski definition) is 2. The van der Waals surface area contributed by atoms with E-state index in [9.17, 15) is 14.4 Å². The molecule has 3 N–H and O–H groups in total. The van der Waals surface area contributed by atoms with Gasteiger partial charge in [-0.05, 0) is 35.9 Å². The van der Waals surface area contributed by atoms with E-state index in [0.717, 1.165) is 16.9 Å². The molecule has 0 radical (unpaired) electrons. The van der Waals surface area contributed by atoms with E-state index in [0.29, 0.717) is 5.69 Å². The Kier molecular flexibility index (Phi) is 5.41. The second kappa shape index (κ2) is 7.79. The summed E-state index contributed by atoms with van der Waals surface area (Å²) in [5.74, 6) is -0.919. The predicted molar refractivity (Wildman–Crippen MR) is 111 cm³/mol. The SMILES string of the molecule is CN1/C(=C/C(=O)COC(=O)c2ccc(NC(N)=O)cc2)C(C)(C)c2ccccc21. The van der Waals surface area contributed by atoms with Gasteiger partial charge >= 0.3 is 12.0 Å². The van der Waals surface area contributed by atoms with Gasteiger partial charge in [-0.25, -0.2) is 9.59 Å². The molecule has 0 bridgehead atoms. The van der Waals surface area contributed by atoms with Gasteiger partial charge in [-0.2, -0.15) is 0 Å². The summed E-state index contributed by atoms with van der Waals surface area (Å²) in [5, 5.41) is 2.40. The molecule has 0 saturated heterocycles. The van der Waals surface area contributed by atoms with E-state index >= 15 is 0 Å². The highest BCUT2D eigenvalue weighted by atomic mass is 16.5. The first kappa shape index (κ1) is 20.1. The number of primary amides is 1. The predicted octanol–water partition coefficient (Wildman–Crippen LogP) is 3.21. The average molecular weight is 393 g/mol. The van der Waals surface area contributed by atoms with Crippen LogP contribution in [0.5, 0.6) is 0 Å². The molecular formula is C22H23N3O4. The van der Waals surface area contributed by atoms with Crippen LogP contribution in [0.15, 0.2) is 60.3 Å². The third-order valence-electron chi connectivity index (χ3n) is 4.97. The molecule has 1 heterocycles. The van der Waals surface area contributed by atoms with Gasteiger partial charge in [0.25, 0.3) is 0 Å². The molecule has 0 spiro atoms. The number of ketones is 1. The smallest absolute Gasteiger partial charge is 0.338 e. The molecule has 0 atom stereocenters. The van der Waals surface area contributed by atoms with Crippen molar-refractivity contribution in [3.05, 3.63) is 71.4 Å². The van der Waals surface area contributed by atoms with Crippen molar-refractivity contribution in [1.82, 2.24) is 0 Å². The van der Waals surface area contributed by atoms with E-state index in [1.807, 2.05) is 36.2 Å². The molecule has 0 unspecified atom stereocenters. The molecule has 150 valence electrons. The number of carbonyl (C=O) groups is 3. The molecule has 0 saturated carbocycles. The van der Waals surface area contributed by atoms with E-state index in [1.54, 1.807) is 0 Å². The number of carbonyl (C=O) groups excluding carboxylic acids is 3. The standard InChI is InChI=1S/C22H23N3O4/c1-22(2)17-6-4-5-7-18(17)25(3)19(22)12-16(26)13-29-20(27)14-8-10-15(11-9-14)24-21(23)28/h4-12H,13H2,1-3H3,(H3,23,24,28)/b19-12+. The fourth-order valence-corrected chi connectivity index (χ4v) is 3.50. The van der Waals surface area contributed by atoms with Crippen LogP contribution in [0.1, 0.15) is 29.8 Å². The highest BCUT2D eigenvalue weighted by Gasteiger charge is 2.38. The van der Waals surface area contributed by atoms with Crippen molar-refractivity contribution >= 4 is 29.2 Å². The van der Waals surface area contributed by atoms with Crippen LogP contribution in [0.3, 0.4) is 0 Å². The molecule has 7 heteroatoms. The molecule has 0 aliphatic carbocycles. The van der Waals surface area contributed by atoms with Crippen LogP contribution >= 0.6 is 0 Å². The normalized spacial score (nSPS) is 15.7. The van der Waals surface area contributed by atoms with Gasteiger partial charge in [0.1, 0.15) is 0 Å². The van der Waals surface area contributed by atoms with Crippen molar-refractivity contribution < 1.29 is 19.1 Å². The van der Waals surface area contributed by atoms with E-state index in [1.165, 1.54) is 30.3 Å². The van der Waals surface area contributed by atoms with Gasteiger partial charge in [0.15, 0.2) is 12.4 Å². The minimum Gasteiger partial charge on any atom is -0.454 e. The number of fused-ring (bicyclic) bond motifs is 1. The maximum Gasteiger partial charge on any atom is 0.338 e. The quantitative estimate of drug-likeness (QED) is 0.600. The van der Waals surface area contributed by atoms with E-state index < -0.39 is 12.0 Å². The van der Waals surface area contributed by atoms with Crippen molar-refractivity contribution in [2.24, 2.45) is 5.73 Å². The molecule has 0 aromatic heterocycles. The van der Waals surface area contributed by atoms with Crippen molar-refractivity contribution in [1.29, 1.82) is 0 Å². The lowest BCUT2D eigenvalue weighted by atomic mass is 9.83. The first-order valence-corrected chi connectivity index (χ1v) is 9.12. The third-order valence-corrected chi connectivity index (χ3v) is 4.97. The Bertz CT molecular complexity index is 993. The highest BCUT2D eigenvalue weighted by molar-refractivity contribution is 5.97. The highest BCUT2D eigenvalue weighted by Crippen LogP contribution is 2.46. The average Bonchev–Trinajstić information content (AvgIpc) is 2.87. The van der Waals surface area contributed by atoms with Crippen LogP contribution < -0.4 is 16.0 Å². The number of ether oxygens (including phenoxy) is 1. The Morgan fingerprint density at radius 1 is 1.10 bits per heavy atom. The van der Waals surface area contributed by atoms with Crippen LogP contribution in [-0.2, 0) is 14.9 Å². The monoisotopic (exact) mass is 393 g/mol. The second-order valence-electron chi connectivity index (χ2n) is 7.34. The Morgan fingerprint density at radius 3 is 2.38 bits per heavy atom. The minimum atomic E-state index is -0.694. The van der Waals surface area contributed by atoms with Crippen LogP contribution in [0, 0.1) is 0 Å². The van der Waals surface area contributed by atoms with Gasteiger partial charge in [-0.3, -0.25) is 4.79 Å². The van der Waals surface area contributed by atoms with Gasteiger partial charge in [-0.15, -0.1) is 0 Å². The summed E-state index contributed by atoms with van der Waals surface area (Å²) in [6, 6.07) is 13.3. The number of allylic oxidation sites excluding steroid dienone is 1. The van der Waals surface area contributed by atoms with Gasteiger partial charge in [-0.1, -0.05) is 32.0 Å². The summed E-state index contributed by atoms with van der Waals surface area (Å²) in [4.78, 5) is 37.4. The second-order valence-corrected chi connectivity index (χ2v) is 7.34. The van der Waals surface area contributed by atoms with Crippen molar-refractivity contribution in [3.8, 4) is 0 Å². The van der Waals surface area contributed by atoms with Crippen molar-refractivity contribution in [2.45, 2.75) is 19.3 Å². The maximum absolute atomic E-state index is 12.5. The zero-order valence-electron chi connectivity index (χ0n) is 16.6. The van der Waals surface area contributed by atoms with Gasteiger partial charge in [0.05, 0.1) is 5.56 Å². The summed E-state index contributed by atoms with van der Waals surface area (Å²) in [5.41, 5.74) is 8.49. The summed E-state index contributed by atoms with van der Waals surface area (Å²) in [6.07, 6.45) is 1.53. The number of nitrogens with zero attached hydrogens (tertiary/aromatic N) is 1. The van der Waals surface area contributed by atoms with Gasteiger partial charge in [0, 0.05) is 35.6 Å². The largest absolute Gasteiger partial charge is 0.454 e. The fourth-order valence-electron chi connectivity index (χ4n) is 3.50. The zero-order valence-corrected chi connectivity index (χ0v) is 16.6. The number of likely N-dealkylation sites (N-methyl/N-ethyl adjacent to an activating group) is 1.